The summed E-state index contributed by atoms with van der Waals surface area (Å²) in [7, 11) is 8.66. The second-order valence-corrected chi connectivity index (χ2v) is 40.2. The molecule has 14 aromatic rings. The summed E-state index contributed by atoms with van der Waals surface area (Å²) in [6, 6.07) is 33.6. The zero-order chi connectivity index (χ0) is 97.9. The number of aromatic nitrogens is 14. The van der Waals surface area contributed by atoms with Crippen molar-refractivity contribution in [3.05, 3.63) is 229 Å². The summed E-state index contributed by atoms with van der Waals surface area (Å²) < 4.78 is 16.7. The molecule has 35 heteroatoms. The van der Waals surface area contributed by atoms with Gasteiger partial charge in [0.1, 0.15) is 40.5 Å². The molecule has 17 heterocycles. The Hall–Kier alpha value is -15.5. The average molecular weight is 1960 g/mol. The molecule has 0 radical (unpaired) electrons. The molecule has 6 fully saturated rings. The van der Waals surface area contributed by atoms with Gasteiger partial charge in [-0.05, 0) is 166 Å². The third-order valence-corrected chi connectivity index (χ3v) is 30.2. The summed E-state index contributed by atoms with van der Waals surface area (Å²) in [5, 5.41) is 20.3. The number of hydrogen-bond acceptors (Lipinski definition) is 19. The van der Waals surface area contributed by atoms with Gasteiger partial charge in [-0.25, -0.2) is 68.6 Å². The van der Waals surface area contributed by atoms with Gasteiger partial charge in [0.05, 0.1) is 165 Å². The Labute approximate surface area is 847 Å². The van der Waals surface area contributed by atoms with Crippen molar-refractivity contribution >= 4 is 113 Å². The summed E-state index contributed by atoms with van der Waals surface area (Å²) >= 11 is 1.54. The van der Waals surface area contributed by atoms with Crippen molar-refractivity contribution in [2.24, 2.45) is 10.5 Å². The molecule has 742 valence electrons. The number of likely N-dealkylation sites (N-methyl/N-ethyl adjacent to an activating group) is 1. The van der Waals surface area contributed by atoms with Crippen LogP contribution in [0.1, 0.15) is 196 Å². The minimum Gasteiger partial charge on any atom is -0.380 e. The third kappa shape index (κ3) is 18.1. The van der Waals surface area contributed by atoms with Crippen LogP contribution in [0.4, 0.5) is 42.1 Å². The highest BCUT2D eigenvalue weighted by Crippen LogP contribution is 2.52. The fraction of sp³-hybridized carbons (Fsp3) is 0.400. The summed E-state index contributed by atoms with van der Waals surface area (Å²) in [4.78, 5) is 133. The van der Waals surface area contributed by atoms with Gasteiger partial charge in [-0.2, -0.15) is 0 Å². The molecule has 4 aliphatic carbocycles. The number of allylic oxidation sites excluding steroid dienone is 1. The van der Waals surface area contributed by atoms with Gasteiger partial charge in [0.25, 0.3) is 0 Å². The van der Waals surface area contributed by atoms with E-state index in [-0.39, 0.29) is 57.6 Å². The van der Waals surface area contributed by atoms with Gasteiger partial charge in [-0.1, -0.05) is 77.7 Å². The molecule has 2 saturated heterocycles. The number of fused-ring (bicyclic) bond motifs is 8. The first-order valence-corrected chi connectivity index (χ1v) is 49.8. The van der Waals surface area contributed by atoms with E-state index in [1.165, 1.54) is 37.1 Å². The number of aryl methyl sites for hydroxylation is 3. The molecule has 0 unspecified atom stereocenters. The van der Waals surface area contributed by atoms with E-state index in [0.29, 0.717) is 129 Å². The number of imidazole rings is 4. The first-order valence-electron chi connectivity index (χ1n) is 49.0. The highest BCUT2D eigenvalue weighted by molar-refractivity contribution is 7.15. The number of ketones is 1. The Morgan fingerprint density at radius 3 is 1.27 bits per heavy atom. The third-order valence-electron chi connectivity index (χ3n) is 29.3. The van der Waals surface area contributed by atoms with E-state index < -0.39 is 0 Å². The maximum absolute atomic E-state index is 12.5. The number of hydrogen-bond donors (Lipinski definition) is 4. The normalized spacial score (nSPS) is 16.6. The second-order valence-electron chi connectivity index (χ2n) is 38.9. The van der Waals surface area contributed by atoms with Crippen molar-refractivity contribution in [3.63, 3.8) is 0 Å². The van der Waals surface area contributed by atoms with E-state index in [2.05, 4.69) is 131 Å². The largest absolute Gasteiger partial charge is 0.380 e. The van der Waals surface area contributed by atoms with Gasteiger partial charge in [0.2, 0.25) is 17.1 Å². The number of amides is 8. The molecule has 4 saturated carbocycles. The molecule has 1 spiro atoms. The lowest BCUT2D eigenvalue weighted by Crippen LogP contribution is -2.66. The molecule has 7 aliphatic heterocycles. The predicted molar refractivity (Wildman–Crippen MR) is 563 cm³/mol. The number of azo groups is 2. The lowest BCUT2D eigenvalue weighted by Gasteiger charge is -2.55. The number of ether oxygens (including phenoxy) is 1. The Kier molecular flexibility index (Phi) is 26.9. The number of urea groups is 4. The van der Waals surface area contributed by atoms with Crippen LogP contribution in [0.2, 0.25) is 0 Å². The van der Waals surface area contributed by atoms with E-state index in [1.807, 2.05) is 92.9 Å². The number of thiazole rings is 1. The van der Waals surface area contributed by atoms with Gasteiger partial charge in [-0.15, -0.1) is 16.0 Å². The minimum atomic E-state index is -0.101. The van der Waals surface area contributed by atoms with Crippen LogP contribution >= 0.6 is 11.3 Å². The van der Waals surface area contributed by atoms with E-state index in [1.54, 1.807) is 71.0 Å². The standard InChI is InChI=1S/C29H27N7O2.C26H27N7O2.C26H25N7OS.C26H29N7O.3CH4/c1-4-25(37)22-11-10-18(15-32-22)26-23(30-2)14-20-19(6-5-7-21(20)33-26)27-24-16-35(29(38)31-3)12-13-36(24)28(34-27)17-8-9-17;1-27-20-10-18-17(4-3-5-19(18)29-24(20)32-12-26(13-32)14-35-15-26)22-21-11-31(25(34)28-2)8-9-33(21)23(30-22)16-6-7-16;1-14-5-8-18-17(11-19(27-3)23(30-18)21-12-29-15(2)35-21)22(14)24-20-13-32(26(34)28-4)9-10-33(20)25(31-24)16-6-7-16;1-15-12-19-18(6-5-7-21(19)28-23(15)20-13-31(4)30-16(20)2)24-22-14-32(26(34)27-3)10-11-33(22)25(29-24)17-8-9-17;;;/h5-7,10-11,14-15,17H,4,8-9,12-13,16H2,1,3H3,(H,31,38);3-5,10,16H,6-9,11-15H2,2H3,(H,28,34);5,8,11-12,16H,6-7,9-10,13H2,1-2,4H3,(H,28,34);5-7,12,17H,8-11,13-14H2,1-4H3;3*1H4/p+1. The summed E-state index contributed by atoms with van der Waals surface area (Å²) in [5.41, 5.74) is 24.8. The van der Waals surface area contributed by atoms with Crippen molar-refractivity contribution in [3.8, 4) is 66.9 Å². The molecule has 4 aromatic carbocycles. The molecule has 145 heavy (non-hydrogen) atoms. The molecule has 34 nitrogen and oxygen atoms in total. The van der Waals surface area contributed by atoms with Crippen molar-refractivity contribution < 1.29 is 33.4 Å². The Bertz CT molecular complexity index is 7800. The van der Waals surface area contributed by atoms with Crippen molar-refractivity contribution in [1.29, 1.82) is 0 Å². The Balaban J connectivity index is 0.000000121. The maximum atomic E-state index is 12.5. The average Bonchev–Trinajstić information content (AvgIpc) is 1.32. The topological polar surface area (TPSA) is 336 Å². The Morgan fingerprint density at radius 2 is 0.869 bits per heavy atom. The lowest BCUT2D eigenvalue weighted by atomic mass is 9.78. The molecule has 25 rings (SSSR count). The number of nitrogens with one attached hydrogen (secondary N) is 4. The van der Waals surface area contributed by atoms with Crippen LogP contribution in [0.25, 0.3) is 131 Å². The first-order chi connectivity index (χ1) is 69.0. The molecule has 11 aliphatic rings. The molecule has 10 aromatic heterocycles. The van der Waals surface area contributed by atoms with Crippen LogP contribution in [0, 0.1) is 45.9 Å². The van der Waals surface area contributed by atoms with Gasteiger partial charge < -0.3 is 68.8 Å². The van der Waals surface area contributed by atoms with Crippen molar-refractivity contribution in [2.75, 3.05) is 99.2 Å². The second kappa shape index (κ2) is 39.6. The summed E-state index contributed by atoms with van der Waals surface area (Å²) in [6.07, 6.45) is 13.1. The molecular formula is C110H121N28O6S+. The monoisotopic (exact) mass is 1960 g/mol. The highest BCUT2D eigenvalue weighted by Gasteiger charge is 2.50. The van der Waals surface area contributed by atoms with E-state index >= 15 is 0 Å². The van der Waals surface area contributed by atoms with E-state index in [0.717, 1.165) is 245 Å². The van der Waals surface area contributed by atoms with Gasteiger partial charge in [0, 0.05) is 169 Å². The number of carbonyl (C=O) groups excluding carboxylic acids is 5. The van der Waals surface area contributed by atoms with Crippen LogP contribution in [0.15, 0.2) is 126 Å². The fourth-order valence-electron chi connectivity index (χ4n) is 21.3. The smallest absolute Gasteiger partial charge is 0.317 e. The lowest BCUT2D eigenvalue weighted by molar-refractivity contribution is -0.546. The van der Waals surface area contributed by atoms with Crippen molar-refractivity contribution in [1.82, 2.24) is 109 Å². The van der Waals surface area contributed by atoms with Crippen LogP contribution in [0.3, 0.4) is 0 Å². The summed E-state index contributed by atoms with van der Waals surface area (Å²) in [6.45, 7) is 45.5. The number of rotatable bonds is 14. The zero-order valence-corrected chi connectivity index (χ0v) is 82.1. The number of Topliss-reactive ketones (excluding diaryl/α,β-unsaturated/α-hetero) is 1. The molecule has 0 atom stereocenters. The van der Waals surface area contributed by atoms with Gasteiger partial charge in [-0.3, -0.25) is 19.7 Å². The fourth-order valence-corrected chi connectivity index (χ4v) is 22.0. The van der Waals surface area contributed by atoms with Crippen LogP contribution in [-0.2, 0) is 57.1 Å². The number of benzene rings is 4. The molecule has 4 N–H and O–H groups in total. The first kappa shape index (κ1) is 98.2. The van der Waals surface area contributed by atoms with Crippen LogP contribution < -0.4 is 26.2 Å². The van der Waals surface area contributed by atoms with Gasteiger partial charge in [0.15, 0.2) is 19.4 Å². The predicted octanol–water partition coefficient (Wildman–Crippen LogP) is 20.5. The zero-order valence-electron chi connectivity index (χ0n) is 81.3. The number of anilines is 1. The SMILES string of the molecule is C.C.C.CNC(=O)N1CCn2c(C3CC3)nc(-c3cccc4nc(C5=C(C)N=[N+](C)C5)c(C)cc34)c2C1.[C-]#[N+]c1cc2c(-c3nc(C4CC4)n4c3CN(C(=O)NC)CC4)c(C)ccc2nc1-c1cnc(C)s1.[C-]#[N+]c1cc2c(-c3nc(C4CC4)n4c3CN(C(=O)NC)CC4)cccc2nc1-c1ccc(C(=O)CC)nc1.[C-]#[N+]c1cc2c(-c3nc(C4CC4)n4c3CN(C(=O)NC)CC4)cccc2nc1N1CC2(COC2)C1. The highest BCUT2D eigenvalue weighted by atomic mass is 32.1. The van der Waals surface area contributed by atoms with Crippen LogP contribution in [0.5, 0.6) is 0 Å². The quantitative estimate of drug-likeness (QED) is 0.0446. The van der Waals surface area contributed by atoms with E-state index in [9.17, 15) is 24.0 Å². The molecular weight excluding hydrogens is 1840 g/mol. The number of nitrogens with zero attached hydrogens (tertiary/aromatic N) is 24. The molecule has 8 amide bonds. The van der Waals surface area contributed by atoms with Crippen molar-refractivity contribution in [2.45, 2.75) is 191 Å². The Morgan fingerprint density at radius 1 is 0.455 bits per heavy atom. The minimum absolute atomic E-state index is 0. The number of carbonyl (C=O) groups is 5. The van der Waals surface area contributed by atoms with Gasteiger partial charge >= 0.3 is 24.1 Å². The maximum Gasteiger partial charge on any atom is 0.317 e. The van der Waals surface area contributed by atoms with E-state index in [4.69, 9.17) is 64.3 Å². The molecule has 0 bridgehead atoms. The van der Waals surface area contributed by atoms with Crippen LogP contribution in [-0.4, -0.2) is 217 Å². The summed E-state index contributed by atoms with van der Waals surface area (Å²) in [5.74, 6) is 7.25. The number of pyridine rings is 5.